The fraction of sp³-hybridized carbons (Fsp3) is 0.667. The van der Waals surface area contributed by atoms with E-state index in [-0.39, 0.29) is 6.61 Å². The molecule has 0 spiro atoms. The summed E-state index contributed by atoms with van der Waals surface area (Å²) in [7, 11) is 0. The van der Waals surface area contributed by atoms with Crippen LogP contribution in [0.1, 0.15) is 6.92 Å². The Morgan fingerprint density at radius 2 is 2.56 bits per heavy atom. The van der Waals surface area contributed by atoms with E-state index in [1.165, 1.54) is 0 Å². The Kier molecular flexibility index (Phi) is 4.14. The second-order valence-electron chi connectivity index (χ2n) is 1.11. The molecule has 0 aliphatic rings. The van der Waals surface area contributed by atoms with Crippen LogP contribution in [0.2, 0.25) is 0 Å². The first kappa shape index (κ1) is 9.17. The summed E-state index contributed by atoms with van der Waals surface area (Å²) in [6.07, 6.45) is 0. The maximum absolute atomic E-state index is 10.6. The van der Waals surface area contributed by atoms with Gasteiger partial charge < -0.3 is 14.8 Å². The highest BCUT2D eigenvalue weighted by molar-refractivity contribution is 8.61. The quantitative estimate of drug-likeness (QED) is 0.379. The third kappa shape index (κ3) is 4.66. The predicted octanol–water partition coefficient (Wildman–Crippen LogP) is 1.46. The van der Waals surface area contributed by atoms with Gasteiger partial charge in [-0.1, -0.05) is 0 Å². The first-order valence-corrected chi connectivity index (χ1v) is 5.33. The molecule has 0 aromatic rings. The molecule has 0 aliphatic carbocycles. The zero-order valence-electron chi connectivity index (χ0n) is 4.90. The van der Waals surface area contributed by atoms with E-state index in [1.54, 1.807) is 6.92 Å². The second-order valence-corrected chi connectivity index (χ2v) is 4.77. The molecule has 54 valence electrons. The molecule has 0 aliphatic heterocycles. The first-order valence-electron chi connectivity index (χ1n) is 2.27. The van der Waals surface area contributed by atoms with Crippen LogP contribution in [-0.2, 0) is 9.09 Å². The van der Waals surface area contributed by atoms with E-state index in [0.29, 0.717) is 11.4 Å². The van der Waals surface area contributed by atoms with Crippen LogP contribution in [0.25, 0.3) is 0 Å². The van der Waals surface area contributed by atoms with Crippen molar-refractivity contribution in [2.75, 3.05) is 6.61 Å². The summed E-state index contributed by atoms with van der Waals surface area (Å²) in [6, 6.07) is 0. The summed E-state index contributed by atoms with van der Waals surface area (Å²) in [5, 5.41) is 6.46. The standard InChI is InChI=1S/C3H8NO3PS/c1-2-7-8(5,6)9-3-4/h3-4H,2H2,1H3,(H,5,6). The molecular weight excluding hydrogens is 161 g/mol. The van der Waals surface area contributed by atoms with Crippen molar-refractivity contribution in [2.45, 2.75) is 6.92 Å². The summed E-state index contributed by atoms with van der Waals surface area (Å²) in [5.41, 5.74) is 0.788. The molecule has 0 saturated carbocycles. The van der Waals surface area contributed by atoms with Crippen LogP contribution in [0, 0.1) is 5.41 Å². The Morgan fingerprint density at radius 3 is 2.89 bits per heavy atom. The average molecular weight is 169 g/mol. The second kappa shape index (κ2) is 4.06. The van der Waals surface area contributed by atoms with Gasteiger partial charge in [0.1, 0.15) is 0 Å². The molecule has 0 fully saturated rings. The SMILES string of the molecule is CCOP(=O)(O)SC=N. The maximum atomic E-state index is 10.6. The molecule has 0 rings (SSSR count). The van der Waals surface area contributed by atoms with E-state index < -0.39 is 6.80 Å². The number of rotatable bonds is 4. The molecular formula is C3H8NO3PS. The van der Waals surface area contributed by atoms with Crippen LogP contribution in [-0.4, -0.2) is 17.0 Å². The van der Waals surface area contributed by atoms with Crippen molar-refractivity contribution in [3.63, 3.8) is 0 Å². The van der Waals surface area contributed by atoms with Gasteiger partial charge in [-0.25, -0.2) is 4.57 Å². The monoisotopic (exact) mass is 169 g/mol. The molecule has 0 amide bonds. The van der Waals surface area contributed by atoms with E-state index >= 15 is 0 Å². The Hall–Kier alpha value is 0.170. The van der Waals surface area contributed by atoms with Gasteiger partial charge in [0, 0.05) is 11.4 Å². The van der Waals surface area contributed by atoms with Crippen molar-refractivity contribution in [1.29, 1.82) is 5.41 Å². The number of nitrogens with one attached hydrogen (secondary N) is 1. The van der Waals surface area contributed by atoms with Gasteiger partial charge in [0.2, 0.25) is 0 Å². The molecule has 4 nitrogen and oxygen atoms in total. The normalized spacial score (nSPS) is 16.7. The van der Waals surface area contributed by atoms with Crippen molar-refractivity contribution < 1.29 is 14.0 Å². The molecule has 0 aromatic heterocycles. The van der Waals surface area contributed by atoms with Crippen LogP contribution in [0.3, 0.4) is 0 Å². The fourth-order valence-corrected chi connectivity index (χ4v) is 1.68. The lowest BCUT2D eigenvalue weighted by Crippen LogP contribution is -1.83. The largest absolute Gasteiger partial charge is 0.392 e. The van der Waals surface area contributed by atoms with Gasteiger partial charge in [0.25, 0.3) is 0 Å². The minimum absolute atomic E-state index is 0.189. The zero-order valence-corrected chi connectivity index (χ0v) is 6.61. The fourth-order valence-electron chi connectivity index (χ4n) is 0.260. The van der Waals surface area contributed by atoms with Gasteiger partial charge in [-0.15, -0.1) is 0 Å². The highest BCUT2D eigenvalue weighted by Crippen LogP contribution is 2.53. The van der Waals surface area contributed by atoms with E-state index in [9.17, 15) is 4.57 Å². The minimum Gasteiger partial charge on any atom is -0.316 e. The highest BCUT2D eigenvalue weighted by Gasteiger charge is 2.16. The first-order chi connectivity index (χ1) is 4.12. The number of hydrogen-bond donors (Lipinski definition) is 2. The molecule has 6 heteroatoms. The van der Waals surface area contributed by atoms with E-state index in [1.807, 2.05) is 0 Å². The Bertz CT molecular complexity index is 139. The minimum atomic E-state index is -3.52. The molecule has 0 radical (unpaired) electrons. The van der Waals surface area contributed by atoms with E-state index in [4.69, 9.17) is 10.3 Å². The molecule has 0 aromatic carbocycles. The van der Waals surface area contributed by atoms with Gasteiger partial charge in [-0.05, 0) is 6.92 Å². The van der Waals surface area contributed by atoms with Crippen molar-refractivity contribution in [2.24, 2.45) is 0 Å². The van der Waals surface area contributed by atoms with Crippen LogP contribution < -0.4 is 0 Å². The zero-order chi connectivity index (χ0) is 7.33. The van der Waals surface area contributed by atoms with Gasteiger partial charge in [0.15, 0.2) is 0 Å². The maximum Gasteiger partial charge on any atom is 0.392 e. The van der Waals surface area contributed by atoms with Crippen molar-refractivity contribution in [1.82, 2.24) is 0 Å². The van der Waals surface area contributed by atoms with Crippen LogP contribution in [0.4, 0.5) is 0 Å². The summed E-state index contributed by atoms with van der Waals surface area (Å²) in [5.74, 6) is 0. The van der Waals surface area contributed by atoms with Crippen molar-refractivity contribution in [3.8, 4) is 0 Å². The average Bonchev–Trinajstić information content (AvgIpc) is 1.64. The third-order valence-corrected chi connectivity index (χ3v) is 2.87. The van der Waals surface area contributed by atoms with Gasteiger partial charge in [-0.3, -0.25) is 0 Å². The smallest absolute Gasteiger partial charge is 0.316 e. The Morgan fingerprint density at radius 1 is 2.00 bits per heavy atom. The topological polar surface area (TPSA) is 70.4 Å². The molecule has 0 heterocycles. The van der Waals surface area contributed by atoms with Gasteiger partial charge >= 0.3 is 6.80 Å². The van der Waals surface area contributed by atoms with E-state index in [2.05, 4.69) is 4.52 Å². The number of hydrogen-bond acceptors (Lipinski definition) is 4. The Balaban J connectivity index is 3.71. The molecule has 0 bridgehead atoms. The van der Waals surface area contributed by atoms with Gasteiger partial charge in [0.05, 0.1) is 12.2 Å². The predicted molar refractivity (Wildman–Crippen MR) is 37.8 cm³/mol. The van der Waals surface area contributed by atoms with Crippen molar-refractivity contribution >= 4 is 23.7 Å². The molecule has 1 unspecified atom stereocenters. The van der Waals surface area contributed by atoms with Crippen LogP contribution in [0.5, 0.6) is 0 Å². The van der Waals surface area contributed by atoms with Crippen molar-refractivity contribution in [3.05, 3.63) is 0 Å². The lowest BCUT2D eigenvalue weighted by molar-refractivity contribution is 0.291. The molecule has 1 atom stereocenters. The highest BCUT2D eigenvalue weighted by atomic mass is 32.7. The van der Waals surface area contributed by atoms with Crippen LogP contribution in [0.15, 0.2) is 0 Å². The summed E-state index contributed by atoms with van der Waals surface area (Å²) >= 11 is 0.489. The third-order valence-electron chi connectivity index (χ3n) is 0.478. The lowest BCUT2D eigenvalue weighted by atomic mass is 10.9. The van der Waals surface area contributed by atoms with Gasteiger partial charge in [-0.2, -0.15) is 0 Å². The Labute approximate surface area is 57.4 Å². The summed E-state index contributed by atoms with van der Waals surface area (Å²) < 4.78 is 15.0. The van der Waals surface area contributed by atoms with E-state index in [0.717, 1.165) is 5.55 Å². The molecule has 9 heavy (non-hydrogen) atoms. The summed E-state index contributed by atoms with van der Waals surface area (Å²) in [4.78, 5) is 8.66. The summed E-state index contributed by atoms with van der Waals surface area (Å²) in [6.45, 7) is -1.71. The molecule has 2 N–H and O–H groups in total. The molecule has 0 saturated heterocycles. The lowest BCUT2D eigenvalue weighted by Gasteiger charge is -2.04. The van der Waals surface area contributed by atoms with Crippen LogP contribution >= 0.6 is 18.2 Å².